The van der Waals surface area contributed by atoms with Gasteiger partial charge in [0.2, 0.25) is 17.7 Å². The predicted molar refractivity (Wildman–Crippen MR) is 105 cm³/mol. The molecule has 7 nitrogen and oxygen atoms in total. The van der Waals surface area contributed by atoms with Gasteiger partial charge in [0.1, 0.15) is 11.8 Å². The van der Waals surface area contributed by atoms with E-state index in [2.05, 4.69) is 4.74 Å². The number of likely N-dealkylation sites (tertiary alicyclic amines) is 2. The van der Waals surface area contributed by atoms with Crippen molar-refractivity contribution in [1.29, 1.82) is 0 Å². The lowest BCUT2D eigenvalue weighted by Crippen LogP contribution is -2.48. The number of rotatable bonds is 6. The summed E-state index contributed by atoms with van der Waals surface area (Å²) in [5.74, 6) is -0.848. The van der Waals surface area contributed by atoms with Crippen molar-refractivity contribution < 1.29 is 27.9 Å². The summed E-state index contributed by atoms with van der Waals surface area (Å²) < 4.78 is 28.6. The van der Waals surface area contributed by atoms with Crippen LogP contribution in [-0.4, -0.2) is 59.8 Å². The lowest BCUT2D eigenvalue weighted by atomic mass is 9.94. The summed E-state index contributed by atoms with van der Waals surface area (Å²) in [6.45, 7) is -1.42. The van der Waals surface area contributed by atoms with Gasteiger partial charge in [0.15, 0.2) is 0 Å². The Balaban J connectivity index is 1.49. The van der Waals surface area contributed by atoms with Gasteiger partial charge in [-0.15, -0.1) is 0 Å². The fourth-order valence-corrected chi connectivity index (χ4v) is 3.94. The topological polar surface area (TPSA) is 92.9 Å². The number of benzene rings is 1. The van der Waals surface area contributed by atoms with Crippen LogP contribution in [0, 0.1) is 5.92 Å². The number of halogens is 2. The highest BCUT2D eigenvalue weighted by atomic mass is 19.3. The zero-order valence-corrected chi connectivity index (χ0v) is 16.5. The van der Waals surface area contributed by atoms with Gasteiger partial charge < -0.3 is 20.3 Å². The van der Waals surface area contributed by atoms with Crippen molar-refractivity contribution >= 4 is 23.8 Å². The lowest BCUT2D eigenvalue weighted by molar-refractivity contribution is -0.143. The number of primary amides is 1. The summed E-state index contributed by atoms with van der Waals surface area (Å²) >= 11 is 0. The van der Waals surface area contributed by atoms with Crippen LogP contribution < -0.4 is 10.5 Å². The number of hydrogen-bond acceptors (Lipinski definition) is 4. The van der Waals surface area contributed by atoms with Gasteiger partial charge in [0, 0.05) is 31.6 Å². The van der Waals surface area contributed by atoms with Crippen molar-refractivity contribution in [3.8, 4) is 5.75 Å². The second-order valence-electron chi connectivity index (χ2n) is 7.47. The molecule has 2 saturated heterocycles. The van der Waals surface area contributed by atoms with Crippen molar-refractivity contribution in [2.75, 3.05) is 19.6 Å². The average molecular weight is 421 g/mol. The minimum atomic E-state index is -2.88. The van der Waals surface area contributed by atoms with Crippen LogP contribution in [0.4, 0.5) is 8.78 Å². The van der Waals surface area contributed by atoms with Crippen molar-refractivity contribution in [2.24, 2.45) is 11.7 Å². The molecule has 0 radical (unpaired) electrons. The summed E-state index contributed by atoms with van der Waals surface area (Å²) in [5.41, 5.74) is 6.08. The van der Waals surface area contributed by atoms with E-state index in [9.17, 15) is 23.2 Å². The Morgan fingerprint density at radius 1 is 1.07 bits per heavy atom. The number of alkyl halides is 2. The van der Waals surface area contributed by atoms with E-state index in [4.69, 9.17) is 5.73 Å². The van der Waals surface area contributed by atoms with E-state index in [1.54, 1.807) is 28.0 Å². The lowest BCUT2D eigenvalue weighted by Gasteiger charge is -2.34. The maximum absolute atomic E-state index is 12.7. The summed E-state index contributed by atoms with van der Waals surface area (Å²) in [5, 5.41) is 0. The van der Waals surface area contributed by atoms with Crippen LogP contribution in [0.5, 0.6) is 5.75 Å². The molecule has 3 amide bonds. The Bertz CT molecular complexity index is 805. The van der Waals surface area contributed by atoms with E-state index in [1.807, 2.05) is 0 Å². The van der Waals surface area contributed by atoms with Crippen LogP contribution in [0.25, 0.3) is 6.08 Å². The third-order valence-electron chi connectivity index (χ3n) is 5.54. The fraction of sp³-hybridized carbons (Fsp3) is 0.476. The Kier molecular flexibility index (Phi) is 7.02. The highest BCUT2D eigenvalue weighted by Crippen LogP contribution is 2.25. The van der Waals surface area contributed by atoms with Crippen LogP contribution in [-0.2, 0) is 14.4 Å². The molecule has 2 heterocycles. The number of carbonyl (C=O) groups excluding carboxylic acids is 3. The second-order valence-corrected chi connectivity index (χ2v) is 7.47. The molecule has 9 heteroatoms. The van der Waals surface area contributed by atoms with E-state index in [-0.39, 0.29) is 23.5 Å². The predicted octanol–water partition coefficient (Wildman–Crippen LogP) is 2.02. The first-order valence-electron chi connectivity index (χ1n) is 9.97. The molecule has 2 aliphatic heterocycles. The normalized spacial score (nSPS) is 20.2. The van der Waals surface area contributed by atoms with Gasteiger partial charge in [-0.2, -0.15) is 8.78 Å². The molecular weight excluding hydrogens is 396 g/mol. The Hall–Kier alpha value is -2.97. The Labute approximate surface area is 173 Å². The summed E-state index contributed by atoms with van der Waals surface area (Å²) in [4.78, 5) is 39.9. The molecule has 1 atom stereocenters. The first-order valence-corrected chi connectivity index (χ1v) is 9.97. The number of nitrogens with two attached hydrogens (primary N) is 1. The maximum Gasteiger partial charge on any atom is 0.387 e. The number of piperidine rings is 1. The third-order valence-corrected chi connectivity index (χ3v) is 5.54. The zero-order valence-electron chi connectivity index (χ0n) is 16.5. The Morgan fingerprint density at radius 2 is 1.73 bits per heavy atom. The second kappa shape index (κ2) is 9.69. The van der Waals surface area contributed by atoms with Crippen LogP contribution in [0.15, 0.2) is 30.3 Å². The molecule has 3 rings (SSSR count). The minimum absolute atomic E-state index is 0.0509. The van der Waals surface area contributed by atoms with Crippen molar-refractivity contribution in [3.05, 3.63) is 35.9 Å². The van der Waals surface area contributed by atoms with Gasteiger partial charge >= 0.3 is 6.61 Å². The van der Waals surface area contributed by atoms with Gasteiger partial charge in [-0.25, -0.2) is 0 Å². The SMILES string of the molecule is NC(=O)C1CCCN1C(=O)C1CCN(C(=O)/C=C/c2ccc(OC(F)F)cc2)CC1. The van der Waals surface area contributed by atoms with Gasteiger partial charge in [-0.05, 0) is 49.5 Å². The van der Waals surface area contributed by atoms with Crippen molar-refractivity contribution in [2.45, 2.75) is 38.3 Å². The van der Waals surface area contributed by atoms with Crippen molar-refractivity contribution in [1.82, 2.24) is 9.80 Å². The molecule has 2 fully saturated rings. The molecule has 2 aliphatic rings. The molecule has 1 aromatic rings. The largest absolute Gasteiger partial charge is 0.435 e. The van der Waals surface area contributed by atoms with Crippen LogP contribution >= 0.6 is 0 Å². The molecule has 30 heavy (non-hydrogen) atoms. The van der Waals surface area contributed by atoms with Gasteiger partial charge in [-0.3, -0.25) is 14.4 Å². The van der Waals surface area contributed by atoms with Crippen LogP contribution in [0.3, 0.4) is 0 Å². The number of hydrogen-bond donors (Lipinski definition) is 1. The van der Waals surface area contributed by atoms with Crippen molar-refractivity contribution in [3.63, 3.8) is 0 Å². The quantitative estimate of drug-likeness (QED) is 0.712. The molecule has 1 aromatic carbocycles. The molecule has 162 valence electrons. The van der Waals surface area contributed by atoms with E-state index in [0.29, 0.717) is 44.5 Å². The standard InChI is InChI=1S/C21H25F2N3O4/c22-21(23)30-16-6-3-14(4-7-16)5-8-18(27)25-12-9-15(10-13-25)20(29)26-11-1-2-17(26)19(24)28/h3-8,15,17,21H,1-2,9-13H2,(H2,24,28)/b8-5+. The number of nitrogens with zero attached hydrogens (tertiary/aromatic N) is 2. The van der Waals surface area contributed by atoms with E-state index in [1.165, 1.54) is 18.2 Å². The van der Waals surface area contributed by atoms with Gasteiger partial charge in [0.05, 0.1) is 0 Å². The molecule has 0 saturated carbocycles. The first-order chi connectivity index (χ1) is 14.3. The summed E-state index contributed by atoms with van der Waals surface area (Å²) in [7, 11) is 0. The molecule has 0 aliphatic carbocycles. The molecule has 0 aromatic heterocycles. The van der Waals surface area contributed by atoms with E-state index >= 15 is 0 Å². The Morgan fingerprint density at radius 3 is 2.33 bits per heavy atom. The molecular formula is C21H25F2N3O4. The zero-order chi connectivity index (χ0) is 21.7. The fourth-order valence-electron chi connectivity index (χ4n) is 3.94. The highest BCUT2D eigenvalue weighted by molar-refractivity contribution is 5.92. The van der Waals surface area contributed by atoms with Gasteiger partial charge in [0.25, 0.3) is 0 Å². The number of ether oxygens (including phenoxy) is 1. The summed E-state index contributed by atoms with van der Waals surface area (Å²) in [6, 6.07) is 5.46. The third kappa shape index (κ3) is 5.34. The monoisotopic (exact) mass is 421 g/mol. The maximum atomic E-state index is 12.7. The molecule has 1 unspecified atom stereocenters. The summed E-state index contributed by atoms with van der Waals surface area (Å²) in [6.07, 6.45) is 5.50. The van der Waals surface area contributed by atoms with Crippen LogP contribution in [0.2, 0.25) is 0 Å². The van der Waals surface area contributed by atoms with Crippen LogP contribution in [0.1, 0.15) is 31.2 Å². The number of carbonyl (C=O) groups is 3. The van der Waals surface area contributed by atoms with E-state index in [0.717, 1.165) is 6.42 Å². The average Bonchev–Trinajstić information content (AvgIpc) is 3.22. The molecule has 0 bridgehead atoms. The minimum Gasteiger partial charge on any atom is -0.435 e. The smallest absolute Gasteiger partial charge is 0.387 e. The first kappa shape index (κ1) is 21.7. The molecule has 2 N–H and O–H groups in total. The van der Waals surface area contributed by atoms with E-state index < -0.39 is 18.6 Å². The molecule has 0 spiro atoms. The number of amides is 3. The van der Waals surface area contributed by atoms with Gasteiger partial charge in [-0.1, -0.05) is 12.1 Å². The highest BCUT2D eigenvalue weighted by Gasteiger charge is 2.37.